The van der Waals surface area contributed by atoms with E-state index in [0.717, 1.165) is 12.3 Å². The molecule has 0 spiro atoms. The molecule has 1 nitrogen and oxygen atoms in total. The highest BCUT2D eigenvalue weighted by molar-refractivity contribution is 6.17. The first-order chi connectivity index (χ1) is 4.66. The number of hydrogen-bond acceptors (Lipinski definition) is 1. The highest BCUT2D eigenvalue weighted by atomic mass is 35.5. The number of nitrogens with one attached hydrogen (secondary N) is 1. The molecule has 0 rings (SSSR count). The van der Waals surface area contributed by atoms with E-state index in [1.807, 2.05) is 0 Å². The molecule has 0 bridgehead atoms. The average Bonchev–Trinajstić information content (AvgIpc) is 1.82. The van der Waals surface area contributed by atoms with Gasteiger partial charge in [-0.25, -0.2) is 0 Å². The Morgan fingerprint density at radius 1 is 1.30 bits per heavy atom. The molecule has 0 aromatic heterocycles. The van der Waals surface area contributed by atoms with Crippen LogP contribution in [0.4, 0.5) is 0 Å². The summed E-state index contributed by atoms with van der Waals surface area (Å²) in [6, 6.07) is 1.20. The van der Waals surface area contributed by atoms with Crippen LogP contribution in [0.3, 0.4) is 0 Å². The number of halogens is 1. The van der Waals surface area contributed by atoms with Crippen molar-refractivity contribution in [3.05, 3.63) is 0 Å². The van der Waals surface area contributed by atoms with Crippen LogP contribution in [0.1, 0.15) is 33.6 Å². The SMILES string of the molecule is CC(C)NC(C)CCCCl. The molecule has 2 heteroatoms. The molecular weight excluding hydrogens is 146 g/mol. The van der Waals surface area contributed by atoms with Gasteiger partial charge in [-0.2, -0.15) is 0 Å². The quantitative estimate of drug-likeness (QED) is 0.614. The Kier molecular flexibility index (Phi) is 6.14. The van der Waals surface area contributed by atoms with Gasteiger partial charge in [0.1, 0.15) is 0 Å². The summed E-state index contributed by atoms with van der Waals surface area (Å²) < 4.78 is 0. The lowest BCUT2D eigenvalue weighted by atomic mass is 10.2. The van der Waals surface area contributed by atoms with Gasteiger partial charge < -0.3 is 5.32 Å². The topological polar surface area (TPSA) is 12.0 Å². The Morgan fingerprint density at radius 3 is 2.30 bits per heavy atom. The Balaban J connectivity index is 3.16. The molecular formula is C8H18ClN. The maximum atomic E-state index is 5.55. The van der Waals surface area contributed by atoms with Gasteiger partial charge in [-0.15, -0.1) is 11.6 Å². The van der Waals surface area contributed by atoms with E-state index in [1.54, 1.807) is 0 Å². The number of hydrogen-bond donors (Lipinski definition) is 1. The standard InChI is InChI=1S/C8H18ClN/c1-7(2)10-8(3)5-4-6-9/h7-8,10H,4-6H2,1-3H3. The van der Waals surface area contributed by atoms with Crippen molar-refractivity contribution in [1.29, 1.82) is 0 Å². The van der Waals surface area contributed by atoms with Gasteiger partial charge in [-0.05, 0) is 19.8 Å². The fourth-order valence-corrected chi connectivity index (χ4v) is 1.19. The second kappa shape index (κ2) is 5.99. The maximum absolute atomic E-state index is 5.55. The summed E-state index contributed by atoms with van der Waals surface area (Å²) in [5.41, 5.74) is 0. The van der Waals surface area contributed by atoms with E-state index >= 15 is 0 Å². The molecule has 1 unspecified atom stereocenters. The van der Waals surface area contributed by atoms with Crippen molar-refractivity contribution < 1.29 is 0 Å². The van der Waals surface area contributed by atoms with Gasteiger partial charge >= 0.3 is 0 Å². The van der Waals surface area contributed by atoms with E-state index in [0.29, 0.717) is 12.1 Å². The largest absolute Gasteiger partial charge is 0.312 e. The van der Waals surface area contributed by atoms with Gasteiger partial charge in [0.25, 0.3) is 0 Å². The van der Waals surface area contributed by atoms with Crippen LogP contribution in [0.5, 0.6) is 0 Å². The van der Waals surface area contributed by atoms with Crippen molar-refractivity contribution in [2.24, 2.45) is 0 Å². The van der Waals surface area contributed by atoms with Crippen LogP contribution >= 0.6 is 11.6 Å². The molecule has 62 valence electrons. The van der Waals surface area contributed by atoms with Crippen LogP contribution in [0, 0.1) is 0 Å². The van der Waals surface area contributed by atoms with Crippen molar-refractivity contribution in [3.63, 3.8) is 0 Å². The first-order valence-corrected chi connectivity index (χ1v) is 4.52. The third kappa shape index (κ3) is 6.37. The zero-order valence-corrected chi connectivity index (χ0v) is 7.91. The van der Waals surface area contributed by atoms with Crippen molar-refractivity contribution in [1.82, 2.24) is 5.32 Å². The molecule has 0 heterocycles. The Morgan fingerprint density at radius 2 is 1.90 bits per heavy atom. The second-order valence-electron chi connectivity index (χ2n) is 3.05. The predicted octanol–water partition coefficient (Wildman–Crippen LogP) is 2.39. The van der Waals surface area contributed by atoms with Crippen molar-refractivity contribution >= 4 is 11.6 Å². The molecule has 0 aromatic carbocycles. The number of alkyl halides is 1. The van der Waals surface area contributed by atoms with Crippen LogP contribution in [0.15, 0.2) is 0 Å². The second-order valence-corrected chi connectivity index (χ2v) is 3.43. The molecule has 0 radical (unpaired) electrons. The van der Waals surface area contributed by atoms with Crippen LogP contribution in [0.2, 0.25) is 0 Å². The molecule has 0 saturated heterocycles. The minimum atomic E-state index is 0.588. The molecule has 0 aliphatic rings. The lowest BCUT2D eigenvalue weighted by Crippen LogP contribution is -2.32. The zero-order chi connectivity index (χ0) is 7.98. The summed E-state index contributed by atoms with van der Waals surface area (Å²) in [7, 11) is 0. The summed E-state index contributed by atoms with van der Waals surface area (Å²) in [5, 5.41) is 3.42. The van der Waals surface area contributed by atoms with Gasteiger partial charge in [0.2, 0.25) is 0 Å². The van der Waals surface area contributed by atoms with E-state index in [-0.39, 0.29) is 0 Å². The minimum Gasteiger partial charge on any atom is -0.312 e. The lowest BCUT2D eigenvalue weighted by molar-refractivity contribution is 0.463. The molecule has 0 amide bonds. The first kappa shape index (κ1) is 10.2. The average molecular weight is 164 g/mol. The van der Waals surface area contributed by atoms with Crippen LogP contribution in [-0.2, 0) is 0 Å². The van der Waals surface area contributed by atoms with Crippen molar-refractivity contribution in [3.8, 4) is 0 Å². The zero-order valence-electron chi connectivity index (χ0n) is 7.15. The van der Waals surface area contributed by atoms with E-state index in [9.17, 15) is 0 Å². The van der Waals surface area contributed by atoms with Gasteiger partial charge in [-0.1, -0.05) is 13.8 Å². The fraction of sp³-hybridized carbons (Fsp3) is 1.00. The summed E-state index contributed by atoms with van der Waals surface area (Å²) in [6.45, 7) is 6.53. The Bertz CT molecular complexity index is 73.7. The lowest BCUT2D eigenvalue weighted by Gasteiger charge is -2.15. The van der Waals surface area contributed by atoms with Gasteiger partial charge in [0.15, 0.2) is 0 Å². The molecule has 0 fully saturated rings. The van der Waals surface area contributed by atoms with E-state index in [2.05, 4.69) is 26.1 Å². The molecule has 0 aliphatic carbocycles. The number of rotatable bonds is 5. The Labute approximate surface area is 69.1 Å². The highest BCUT2D eigenvalue weighted by Crippen LogP contribution is 1.98. The van der Waals surface area contributed by atoms with Crippen LogP contribution in [-0.4, -0.2) is 18.0 Å². The van der Waals surface area contributed by atoms with Gasteiger partial charge in [-0.3, -0.25) is 0 Å². The van der Waals surface area contributed by atoms with Crippen LogP contribution in [0.25, 0.3) is 0 Å². The van der Waals surface area contributed by atoms with Crippen LogP contribution < -0.4 is 5.32 Å². The van der Waals surface area contributed by atoms with E-state index in [4.69, 9.17) is 11.6 Å². The summed E-state index contributed by atoms with van der Waals surface area (Å²) >= 11 is 5.55. The fourth-order valence-electron chi connectivity index (χ4n) is 1.04. The molecule has 0 aromatic rings. The molecule has 0 aliphatic heterocycles. The van der Waals surface area contributed by atoms with E-state index < -0.39 is 0 Å². The van der Waals surface area contributed by atoms with Gasteiger partial charge in [0.05, 0.1) is 0 Å². The molecule has 0 saturated carbocycles. The predicted molar refractivity (Wildman–Crippen MR) is 47.7 cm³/mol. The third-order valence-electron chi connectivity index (χ3n) is 1.39. The maximum Gasteiger partial charge on any atom is 0.0224 e. The minimum absolute atomic E-state index is 0.588. The summed E-state index contributed by atoms with van der Waals surface area (Å²) in [5.74, 6) is 0.782. The normalized spacial score (nSPS) is 14.1. The third-order valence-corrected chi connectivity index (χ3v) is 1.66. The molecule has 1 atom stereocenters. The molecule has 1 N–H and O–H groups in total. The molecule has 10 heavy (non-hydrogen) atoms. The Hall–Kier alpha value is 0.250. The van der Waals surface area contributed by atoms with Crippen molar-refractivity contribution in [2.75, 3.05) is 5.88 Å². The van der Waals surface area contributed by atoms with Crippen molar-refractivity contribution in [2.45, 2.75) is 45.7 Å². The first-order valence-electron chi connectivity index (χ1n) is 3.98. The van der Waals surface area contributed by atoms with E-state index in [1.165, 1.54) is 6.42 Å². The highest BCUT2D eigenvalue weighted by Gasteiger charge is 2.01. The summed E-state index contributed by atoms with van der Waals surface area (Å²) in [6.07, 6.45) is 2.30. The smallest absolute Gasteiger partial charge is 0.0224 e. The monoisotopic (exact) mass is 163 g/mol. The van der Waals surface area contributed by atoms with Gasteiger partial charge in [0, 0.05) is 18.0 Å². The summed E-state index contributed by atoms with van der Waals surface area (Å²) in [4.78, 5) is 0.